The van der Waals surface area contributed by atoms with Gasteiger partial charge in [0.25, 0.3) is 0 Å². The fourth-order valence-corrected chi connectivity index (χ4v) is 3.50. The Kier molecular flexibility index (Phi) is 4.45. The summed E-state index contributed by atoms with van der Waals surface area (Å²) in [6.45, 7) is 3.81. The number of hydrogen-bond donors (Lipinski definition) is 0. The molecule has 1 atom stereocenters. The fourth-order valence-electron chi connectivity index (χ4n) is 3.28. The molecule has 0 radical (unpaired) electrons. The molecule has 114 valence electrons. The highest BCUT2D eigenvalue weighted by Gasteiger charge is 2.32. The van der Waals surface area contributed by atoms with Crippen LogP contribution in [-0.2, 0) is 11.3 Å². The van der Waals surface area contributed by atoms with Crippen molar-refractivity contribution in [3.05, 3.63) is 34.6 Å². The summed E-state index contributed by atoms with van der Waals surface area (Å²) < 4.78 is 13.8. The molecule has 0 aliphatic carbocycles. The number of hydrogen-bond acceptors (Lipinski definition) is 2. The Morgan fingerprint density at radius 1 is 1.29 bits per heavy atom. The van der Waals surface area contributed by atoms with E-state index in [9.17, 15) is 9.18 Å². The number of carbonyl (C=O) groups is 1. The van der Waals surface area contributed by atoms with E-state index in [-0.39, 0.29) is 17.6 Å². The molecule has 21 heavy (non-hydrogen) atoms. The van der Waals surface area contributed by atoms with Crippen molar-refractivity contribution in [3.63, 3.8) is 0 Å². The number of amides is 1. The van der Waals surface area contributed by atoms with Gasteiger partial charge in [0.15, 0.2) is 0 Å². The van der Waals surface area contributed by atoms with Crippen molar-refractivity contribution in [2.45, 2.75) is 25.8 Å². The van der Waals surface area contributed by atoms with E-state index in [0.29, 0.717) is 23.7 Å². The van der Waals surface area contributed by atoms with Crippen LogP contribution in [0.3, 0.4) is 0 Å². The van der Waals surface area contributed by atoms with E-state index < -0.39 is 0 Å². The van der Waals surface area contributed by atoms with E-state index in [0.717, 1.165) is 38.9 Å². The van der Waals surface area contributed by atoms with E-state index in [4.69, 9.17) is 11.6 Å². The second kappa shape index (κ2) is 6.32. The minimum atomic E-state index is -0.267. The van der Waals surface area contributed by atoms with Crippen LogP contribution >= 0.6 is 11.6 Å². The van der Waals surface area contributed by atoms with Crippen LogP contribution in [0.4, 0.5) is 4.39 Å². The molecule has 5 heteroatoms. The van der Waals surface area contributed by atoms with Gasteiger partial charge in [-0.15, -0.1) is 0 Å². The van der Waals surface area contributed by atoms with Crippen molar-refractivity contribution in [1.82, 2.24) is 9.80 Å². The van der Waals surface area contributed by atoms with Gasteiger partial charge in [-0.2, -0.15) is 0 Å². The van der Waals surface area contributed by atoms with Crippen LogP contribution in [-0.4, -0.2) is 41.9 Å². The molecule has 0 saturated carbocycles. The first-order valence-corrected chi connectivity index (χ1v) is 7.97. The quantitative estimate of drug-likeness (QED) is 0.857. The van der Waals surface area contributed by atoms with Crippen molar-refractivity contribution in [1.29, 1.82) is 0 Å². The van der Waals surface area contributed by atoms with E-state index >= 15 is 0 Å². The molecule has 0 aromatic heterocycles. The van der Waals surface area contributed by atoms with Crippen LogP contribution in [0.25, 0.3) is 0 Å². The molecule has 1 amide bonds. The zero-order valence-corrected chi connectivity index (χ0v) is 12.8. The summed E-state index contributed by atoms with van der Waals surface area (Å²) in [4.78, 5) is 16.5. The molecule has 3 nitrogen and oxygen atoms in total. The molecular weight excluding hydrogens is 291 g/mol. The Balaban J connectivity index is 1.61. The topological polar surface area (TPSA) is 23.6 Å². The number of rotatable bonds is 3. The van der Waals surface area contributed by atoms with Crippen molar-refractivity contribution in [3.8, 4) is 0 Å². The van der Waals surface area contributed by atoms with E-state index in [1.54, 1.807) is 12.1 Å². The SMILES string of the molecule is O=C(C1CCN(Cc2c(F)cccc2Cl)C1)N1CCCC1. The molecule has 0 N–H and O–H groups in total. The third kappa shape index (κ3) is 3.22. The number of halogens is 2. The lowest BCUT2D eigenvalue weighted by Gasteiger charge is -2.21. The molecule has 0 bridgehead atoms. The summed E-state index contributed by atoms with van der Waals surface area (Å²) >= 11 is 6.07. The van der Waals surface area contributed by atoms with E-state index in [2.05, 4.69) is 4.90 Å². The lowest BCUT2D eigenvalue weighted by atomic mass is 10.1. The average Bonchev–Trinajstić information content (AvgIpc) is 3.14. The molecule has 3 rings (SSSR count). The van der Waals surface area contributed by atoms with E-state index in [1.807, 2.05) is 4.90 Å². The molecule has 2 saturated heterocycles. The molecule has 1 aromatic rings. The van der Waals surface area contributed by atoms with Crippen LogP contribution < -0.4 is 0 Å². The van der Waals surface area contributed by atoms with Crippen molar-refractivity contribution >= 4 is 17.5 Å². The van der Waals surface area contributed by atoms with Gasteiger partial charge in [0.05, 0.1) is 5.92 Å². The third-order valence-electron chi connectivity index (χ3n) is 4.48. The summed E-state index contributed by atoms with van der Waals surface area (Å²) in [6, 6.07) is 4.76. The van der Waals surface area contributed by atoms with Crippen molar-refractivity contribution in [2.75, 3.05) is 26.2 Å². The van der Waals surface area contributed by atoms with E-state index in [1.165, 1.54) is 6.07 Å². The molecule has 2 fully saturated rings. The van der Waals surface area contributed by atoms with Gasteiger partial charge in [-0.1, -0.05) is 17.7 Å². The van der Waals surface area contributed by atoms with Crippen LogP contribution in [0.2, 0.25) is 5.02 Å². The number of nitrogens with zero attached hydrogens (tertiary/aromatic N) is 2. The van der Waals surface area contributed by atoms with Gasteiger partial charge in [-0.3, -0.25) is 9.69 Å². The number of benzene rings is 1. The first kappa shape index (κ1) is 14.8. The Hall–Kier alpha value is -1.13. The summed E-state index contributed by atoms with van der Waals surface area (Å²) in [5, 5.41) is 0.462. The van der Waals surface area contributed by atoms with Gasteiger partial charge in [-0.05, 0) is 37.9 Å². The predicted molar refractivity (Wildman–Crippen MR) is 80.6 cm³/mol. The lowest BCUT2D eigenvalue weighted by Crippen LogP contribution is -2.35. The van der Waals surface area contributed by atoms with Crippen LogP contribution in [0, 0.1) is 11.7 Å². The molecule has 2 heterocycles. The minimum Gasteiger partial charge on any atom is -0.342 e. The molecule has 1 unspecified atom stereocenters. The van der Waals surface area contributed by atoms with Crippen molar-refractivity contribution < 1.29 is 9.18 Å². The van der Waals surface area contributed by atoms with Crippen LogP contribution in [0.1, 0.15) is 24.8 Å². The zero-order chi connectivity index (χ0) is 14.8. The third-order valence-corrected chi connectivity index (χ3v) is 4.84. The first-order valence-electron chi connectivity index (χ1n) is 7.59. The Morgan fingerprint density at radius 2 is 2.05 bits per heavy atom. The standard InChI is InChI=1S/C16H20ClFN2O/c17-14-4-3-5-15(18)13(14)11-19-9-6-12(10-19)16(21)20-7-1-2-8-20/h3-5,12H,1-2,6-11H2. The van der Waals surface area contributed by atoms with Crippen LogP contribution in [0.5, 0.6) is 0 Å². The lowest BCUT2D eigenvalue weighted by molar-refractivity contribution is -0.134. The monoisotopic (exact) mass is 310 g/mol. The van der Waals surface area contributed by atoms with Gasteiger partial charge in [0, 0.05) is 36.8 Å². The van der Waals surface area contributed by atoms with Crippen molar-refractivity contribution in [2.24, 2.45) is 5.92 Å². The first-order chi connectivity index (χ1) is 10.1. The maximum atomic E-state index is 13.8. The van der Waals surface area contributed by atoms with Gasteiger partial charge in [0.2, 0.25) is 5.91 Å². The zero-order valence-electron chi connectivity index (χ0n) is 12.0. The molecule has 1 aromatic carbocycles. The maximum Gasteiger partial charge on any atom is 0.227 e. The smallest absolute Gasteiger partial charge is 0.227 e. The van der Waals surface area contributed by atoms with Gasteiger partial charge < -0.3 is 4.90 Å². The summed E-state index contributed by atoms with van der Waals surface area (Å²) in [7, 11) is 0. The second-order valence-electron chi connectivity index (χ2n) is 5.95. The van der Waals surface area contributed by atoms with Gasteiger partial charge >= 0.3 is 0 Å². The Bertz CT molecular complexity index is 511. The average molecular weight is 311 g/mol. The normalized spacial score (nSPS) is 23.0. The summed E-state index contributed by atoms with van der Waals surface area (Å²) in [6.07, 6.45) is 3.10. The molecule has 0 spiro atoms. The highest BCUT2D eigenvalue weighted by molar-refractivity contribution is 6.31. The fraction of sp³-hybridized carbons (Fsp3) is 0.562. The molecular formula is C16H20ClFN2O. The Labute approximate surface area is 129 Å². The minimum absolute atomic E-state index is 0.0636. The van der Waals surface area contributed by atoms with Gasteiger partial charge in [0.1, 0.15) is 5.82 Å². The predicted octanol–water partition coefficient (Wildman–Crippen LogP) is 2.92. The molecule has 2 aliphatic rings. The number of likely N-dealkylation sites (tertiary alicyclic amines) is 2. The highest BCUT2D eigenvalue weighted by Crippen LogP contribution is 2.26. The van der Waals surface area contributed by atoms with Crippen LogP contribution in [0.15, 0.2) is 18.2 Å². The highest BCUT2D eigenvalue weighted by atomic mass is 35.5. The largest absolute Gasteiger partial charge is 0.342 e. The summed E-state index contributed by atoms with van der Waals surface area (Å²) in [5.41, 5.74) is 0.536. The van der Waals surface area contributed by atoms with Gasteiger partial charge in [-0.25, -0.2) is 4.39 Å². The maximum absolute atomic E-state index is 13.8. The molecule has 2 aliphatic heterocycles. The second-order valence-corrected chi connectivity index (χ2v) is 6.36. The summed E-state index contributed by atoms with van der Waals surface area (Å²) in [5.74, 6) is 0.0695. The number of carbonyl (C=O) groups excluding carboxylic acids is 1. The Morgan fingerprint density at radius 3 is 2.76 bits per heavy atom.